The molecule has 2 N–H and O–H groups in total. The number of halogens is 1. The number of amides is 2. The first kappa shape index (κ1) is 25.3. The van der Waals surface area contributed by atoms with Crippen molar-refractivity contribution in [2.75, 3.05) is 17.7 Å². The third-order valence-electron chi connectivity index (χ3n) is 4.72. The third-order valence-corrected chi connectivity index (χ3v) is 6.07. The standard InChI is InChI=1S/C23H24ClN5O4S/c1-4-33-22(32)16-10-11-17(24)18(12-16)26-19(30)13-34-23-28-27-20(29(23)3)14(2)25-21(31)15-8-6-5-7-9-15/h5-12,14H,4,13H2,1-3H3,(H,25,31)(H,26,30). The van der Waals surface area contributed by atoms with Gasteiger partial charge in [-0.1, -0.05) is 41.6 Å². The molecule has 11 heteroatoms. The van der Waals surface area contributed by atoms with Crippen LogP contribution in [0.4, 0.5) is 5.69 Å². The summed E-state index contributed by atoms with van der Waals surface area (Å²) in [5.74, 6) is -0.451. The van der Waals surface area contributed by atoms with Crippen molar-refractivity contribution in [3.63, 3.8) is 0 Å². The minimum atomic E-state index is -0.496. The number of rotatable bonds is 9. The fraction of sp³-hybridized carbons (Fsp3) is 0.261. The molecule has 3 rings (SSSR count). The molecule has 2 amide bonds. The average Bonchev–Trinajstić information content (AvgIpc) is 3.20. The Morgan fingerprint density at radius 1 is 1.12 bits per heavy atom. The van der Waals surface area contributed by atoms with E-state index in [4.69, 9.17) is 16.3 Å². The molecule has 0 spiro atoms. The van der Waals surface area contributed by atoms with Crippen LogP contribution in [0.5, 0.6) is 0 Å². The van der Waals surface area contributed by atoms with E-state index in [1.807, 2.05) is 13.0 Å². The Morgan fingerprint density at radius 3 is 2.56 bits per heavy atom. The Labute approximate surface area is 206 Å². The van der Waals surface area contributed by atoms with Crippen molar-refractivity contribution in [3.8, 4) is 0 Å². The fourth-order valence-corrected chi connectivity index (χ4v) is 3.92. The molecule has 1 unspecified atom stereocenters. The summed E-state index contributed by atoms with van der Waals surface area (Å²) >= 11 is 7.34. The van der Waals surface area contributed by atoms with Crippen molar-refractivity contribution in [3.05, 3.63) is 70.5 Å². The van der Waals surface area contributed by atoms with Gasteiger partial charge in [0.15, 0.2) is 11.0 Å². The van der Waals surface area contributed by atoms with E-state index in [1.54, 1.807) is 42.8 Å². The predicted molar refractivity (Wildman–Crippen MR) is 130 cm³/mol. The number of carbonyl (C=O) groups is 3. The summed E-state index contributed by atoms with van der Waals surface area (Å²) in [5, 5.41) is 14.7. The molecule has 34 heavy (non-hydrogen) atoms. The third kappa shape index (κ3) is 6.36. The Morgan fingerprint density at radius 2 is 1.85 bits per heavy atom. The molecule has 1 atom stereocenters. The largest absolute Gasteiger partial charge is 0.462 e. The molecule has 0 aliphatic carbocycles. The molecular weight excluding hydrogens is 478 g/mol. The van der Waals surface area contributed by atoms with Crippen molar-refractivity contribution in [1.29, 1.82) is 0 Å². The minimum Gasteiger partial charge on any atom is -0.462 e. The first-order valence-corrected chi connectivity index (χ1v) is 11.8. The monoisotopic (exact) mass is 501 g/mol. The van der Waals surface area contributed by atoms with Gasteiger partial charge < -0.3 is 19.9 Å². The molecule has 0 radical (unpaired) electrons. The van der Waals surface area contributed by atoms with Gasteiger partial charge in [0.05, 0.1) is 34.7 Å². The van der Waals surface area contributed by atoms with Gasteiger partial charge in [0.1, 0.15) is 0 Å². The van der Waals surface area contributed by atoms with Gasteiger partial charge in [0.25, 0.3) is 5.91 Å². The van der Waals surface area contributed by atoms with Crippen LogP contribution in [0.3, 0.4) is 0 Å². The van der Waals surface area contributed by atoms with Gasteiger partial charge in [-0.25, -0.2) is 4.79 Å². The zero-order valence-electron chi connectivity index (χ0n) is 18.9. The summed E-state index contributed by atoms with van der Waals surface area (Å²) in [5.41, 5.74) is 1.15. The number of ether oxygens (including phenoxy) is 1. The summed E-state index contributed by atoms with van der Waals surface area (Å²) in [6.45, 7) is 3.77. The number of nitrogens with one attached hydrogen (secondary N) is 2. The lowest BCUT2D eigenvalue weighted by molar-refractivity contribution is -0.113. The molecule has 0 saturated heterocycles. The van der Waals surface area contributed by atoms with Crippen LogP contribution >= 0.6 is 23.4 Å². The highest BCUT2D eigenvalue weighted by Gasteiger charge is 2.19. The van der Waals surface area contributed by atoms with Gasteiger partial charge in [0, 0.05) is 12.6 Å². The van der Waals surface area contributed by atoms with Crippen molar-refractivity contribution >= 4 is 46.8 Å². The van der Waals surface area contributed by atoms with Crippen LogP contribution in [0.2, 0.25) is 5.02 Å². The molecule has 0 fully saturated rings. The highest BCUT2D eigenvalue weighted by Crippen LogP contribution is 2.25. The van der Waals surface area contributed by atoms with E-state index >= 15 is 0 Å². The Hall–Kier alpha value is -3.37. The van der Waals surface area contributed by atoms with Crippen LogP contribution in [-0.4, -0.2) is 44.9 Å². The van der Waals surface area contributed by atoms with Crippen LogP contribution in [0.15, 0.2) is 53.7 Å². The topological polar surface area (TPSA) is 115 Å². The Bertz CT molecular complexity index is 1190. The minimum absolute atomic E-state index is 0.0384. The molecule has 1 heterocycles. The molecule has 1 aromatic heterocycles. The second-order valence-corrected chi connectivity index (χ2v) is 8.56. The van der Waals surface area contributed by atoms with Crippen LogP contribution in [0.25, 0.3) is 0 Å². The average molecular weight is 502 g/mol. The molecule has 178 valence electrons. The molecule has 0 aliphatic rings. The quantitative estimate of drug-likeness (QED) is 0.338. The number of esters is 1. The summed E-state index contributed by atoms with van der Waals surface area (Å²) in [7, 11) is 1.76. The lowest BCUT2D eigenvalue weighted by Gasteiger charge is -2.13. The van der Waals surface area contributed by atoms with Crippen molar-refractivity contribution in [2.24, 2.45) is 7.05 Å². The molecule has 2 aromatic carbocycles. The number of nitrogens with zero attached hydrogens (tertiary/aromatic N) is 3. The van der Waals surface area contributed by atoms with Gasteiger partial charge >= 0.3 is 5.97 Å². The molecule has 3 aromatic rings. The van der Waals surface area contributed by atoms with E-state index in [-0.39, 0.29) is 24.2 Å². The highest BCUT2D eigenvalue weighted by atomic mass is 35.5. The number of hydrogen-bond acceptors (Lipinski definition) is 7. The van der Waals surface area contributed by atoms with E-state index in [0.717, 1.165) is 0 Å². The van der Waals surface area contributed by atoms with Crippen LogP contribution in [-0.2, 0) is 16.6 Å². The van der Waals surface area contributed by atoms with Gasteiger partial charge in [-0.15, -0.1) is 10.2 Å². The highest BCUT2D eigenvalue weighted by molar-refractivity contribution is 7.99. The SMILES string of the molecule is CCOC(=O)c1ccc(Cl)c(NC(=O)CSc2nnc(C(C)NC(=O)c3ccccc3)n2C)c1. The van der Waals surface area contributed by atoms with Gasteiger partial charge in [-0.2, -0.15) is 0 Å². The maximum Gasteiger partial charge on any atom is 0.338 e. The number of aromatic nitrogens is 3. The van der Waals surface area contributed by atoms with E-state index < -0.39 is 12.0 Å². The molecular formula is C23H24ClN5O4S. The first-order chi connectivity index (χ1) is 16.3. The number of thioether (sulfide) groups is 1. The number of anilines is 1. The zero-order valence-corrected chi connectivity index (χ0v) is 20.4. The summed E-state index contributed by atoms with van der Waals surface area (Å²) < 4.78 is 6.70. The maximum atomic E-state index is 12.5. The molecule has 0 saturated carbocycles. The molecule has 0 aliphatic heterocycles. The van der Waals surface area contributed by atoms with Crippen LogP contribution in [0.1, 0.15) is 46.4 Å². The van der Waals surface area contributed by atoms with Crippen LogP contribution in [0, 0.1) is 0 Å². The molecule has 9 nitrogen and oxygen atoms in total. The first-order valence-electron chi connectivity index (χ1n) is 10.4. The van der Waals surface area contributed by atoms with Crippen molar-refractivity contribution < 1.29 is 19.1 Å². The second kappa shape index (κ2) is 11.7. The van der Waals surface area contributed by atoms with Crippen LogP contribution < -0.4 is 10.6 Å². The number of hydrogen-bond donors (Lipinski definition) is 2. The summed E-state index contributed by atoms with van der Waals surface area (Å²) in [4.78, 5) is 36.8. The van der Waals surface area contributed by atoms with Crippen molar-refractivity contribution in [1.82, 2.24) is 20.1 Å². The molecule has 0 bridgehead atoms. The van der Waals surface area contributed by atoms with E-state index in [0.29, 0.717) is 32.8 Å². The predicted octanol–water partition coefficient (Wildman–Crippen LogP) is 3.87. The lowest BCUT2D eigenvalue weighted by atomic mass is 10.2. The van der Waals surface area contributed by atoms with Gasteiger partial charge in [-0.3, -0.25) is 9.59 Å². The maximum absolute atomic E-state index is 12.5. The van der Waals surface area contributed by atoms with Gasteiger partial charge in [-0.05, 0) is 44.2 Å². The summed E-state index contributed by atoms with van der Waals surface area (Å²) in [6, 6.07) is 13.0. The smallest absolute Gasteiger partial charge is 0.338 e. The Kier molecular flexibility index (Phi) is 8.67. The van der Waals surface area contributed by atoms with E-state index in [2.05, 4.69) is 20.8 Å². The number of benzene rings is 2. The number of carbonyl (C=O) groups excluding carboxylic acids is 3. The fourth-order valence-electron chi connectivity index (χ4n) is 3.04. The summed E-state index contributed by atoms with van der Waals surface area (Å²) in [6.07, 6.45) is 0. The van der Waals surface area contributed by atoms with E-state index in [1.165, 1.54) is 30.0 Å². The second-order valence-electron chi connectivity index (χ2n) is 7.21. The zero-order chi connectivity index (χ0) is 24.7. The van der Waals surface area contributed by atoms with Crippen molar-refractivity contribution in [2.45, 2.75) is 25.0 Å². The van der Waals surface area contributed by atoms with Gasteiger partial charge in [0.2, 0.25) is 5.91 Å². The van der Waals surface area contributed by atoms with E-state index in [9.17, 15) is 14.4 Å². The lowest BCUT2D eigenvalue weighted by Crippen LogP contribution is -2.28. The Balaban J connectivity index is 1.59. The normalized spacial score (nSPS) is 11.5.